The average Bonchev–Trinajstić information content (AvgIpc) is 2.38. The van der Waals surface area contributed by atoms with Crippen LogP contribution < -0.4 is 4.90 Å². The summed E-state index contributed by atoms with van der Waals surface area (Å²) in [4.78, 5) is 34.9. The van der Waals surface area contributed by atoms with Crippen LogP contribution in [0.1, 0.15) is 30.6 Å². The van der Waals surface area contributed by atoms with E-state index in [1.807, 2.05) is 0 Å². The van der Waals surface area contributed by atoms with Crippen molar-refractivity contribution in [1.82, 2.24) is 0 Å². The minimum Gasteiger partial charge on any atom is -0.481 e. The van der Waals surface area contributed by atoms with Gasteiger partial charge in [0, 0.05) is 18.2 Å². The van der Waals surface area contributed by atoms with Gasteiger partial charge < -0.3 is 15.1 Å². The Labute approximate surface area is 116 Å². The van der Waals surface area contributed by atoms with Gasteiger partial charge >= 0.3 is 11.9 Å². The summed E-state index contributed by atoms with van der Waals surface area (Å²) < 4.78 is 0. The molecule has 0 saturated heterocycles. The molecule has 1 aromatic carbocycles. The predicted octanol–water partition coefficient (Wildman–Crippen LogP) is 1.85. The summed E-state index contributed by atoms with van der Waals surface area (Å²) in [6, 6.07) is 5.79. The largest absolute Gasteiger partial charge is 0.481 e. The van der Waals surface area contributed by atoms with Crippen molar-refractivity contribution in [1.29, 1.82) is 0 Å². The molecule has 0 aliphatic rings. The Morgan fingerprint density at radius 2 is 1.65 bits per heavy atom. The average molecular weight is 279 g/mol. The number of anilines is 1. The zero-order valence-corrected chi connectivity index (χ0v) is 11.4. The van der Waals surface area contributed by atoms with E-state index in [0.717, 1.165) is 0 Å². The molecule has 0 aliphatic carbocycles. The van der Waals surface area contributed by atoms with Crippen LogP contribution in [0.3, 0.4) is 0 Å². The molecule has 0 aromatic heterocycles. The fourth-order valence-corrected chi connectivity index (χ4v) is 1.67. The summed E-state index contributed by atoms with van der Waals surface area (Å²) >= 11 is 0. The molecule has 0 radical (unpaired) electrons. The lowest BCUT2D eigenvalue weighted by Gasteiger charge is -2.24. The highest BCUT2D eigenvalue weighted by Gasteiger charge is 2.20. The van der Waals surface area contributed by atoms with Gasteiger partial charge in [0.15, 0.2) is 0 Å². The Hall–Kier alpha value is -2.37. The first-order chi connectivity index (χ1) is 9.32. The van der Waals surface area contributed by atoms with Gasteiger partial charge in [-0.2, -0.15) is 0 Å². The molecule has 0 bridgehead atoms. The fraction of sp³-hybridized carbons (Fsp3) is 0.357. The van der Waals surface area contributed by atoms with E-state index in [2.05, 4.69) is 0 Å². The lowest BCUT2D eigenvalue weighted by molar-refractivity contribution is -0.136. The van der Waals surface area contributed by atoms with Gasteiger partial charge in [-0.25, -0.2) is 4.79 Å². The molecule has 108 valence electrons. The van der Waals surface area contributed by atoms with Crippen LogP contribution in [0.15, 0.2) is 24.3 Å². The van der Waals surface area contributed by atoms with Crippen molar-refractivity contribution < 1.29 is 24.6 Å². The SMILES string of the molecule is CC(C)C(=O)N(CCC(=O)O)c1ccc(C(=O)O)cc1. The number of nitrogens with zero attached hydrogens (tertiary/aromatic N) is 1. The molecule has 0 spiro atoms. The number of hydrogen-bond acceptors (Lipinski definition) is 3. The number of carboxylic acid groups (broad SMARTS) is 2. The molecule has 0 atom stereocenters. The molecule has 1 amide bonds. The van der Waals surface area contributed by atoms with E-state index in [-0.39, 0.29) is 30.4 Å². The maximum Gasteiger partial charge on any atom is 0.335 e. The second-order valence-electron chi connectivity index (χ2n) is 4.64. The third-order valence-corrected chi connectivity index (χ3v) is 2.74. The summed E-state index contributed by atoms with van der Waals surface area (Å²) in [6.45, 7) is 3.50. The zero-order chi connectivity index (χ0) is 15.3. The van der Waals surface area contributed by atoms with Crippen molar-refractivity contribution in [3.63, 3.8) is 0 Å². The number of hydrogen-bond donors (Lipinski definition) is 2. The number of aliphatic carboxylic acids is 1. The minimum atomic E-state index is -1.05. The first-order valence-corrected chi connectivity index (χ1v) is 6.19. The van der Waals surface area contributed by atoms with Crippen molar-refractivity contribution in [3.8, 4) is 0 Å². The summed E-state index contributed by atoms with van der Waals surface area (Å²) in [7, 11) is 0. The molecule has 0 saturated carbocycles. The molecule has 2 N–H and O–H groups in total. The van der Waals surface area contributed by atoms with E-state index in [0.29, 0.717) is 5.69 Å². The lowest BCUT2D eigenvalue weighted by atomic mass is 10.1. The van der Waals surface area contributed by atoms with Gasteiger partial charge in [-0.05, 0) is 24.3 Å². The topological polar surface area (TPSA) is 94.9 Å². The lowest BCUT2D eigenvalue weighted by Crippen LogP contribution is -2.36. The van der Waals surface area contributed by atoms with Crippen molar-refractivity contribution in [3.05, 3.63) is 29.8 Å². The number of aromatic carboxylic acids is 1. The fourth-order valence-electron chi connectivity index (χ4n) is 1.67. The summed E-state index contributed by atoms with van der Waals surface area (Å²) in [5, 5.41) is 17.6. The smallest absolute Gasteiger partial charge is 0.335 e. The van der Waals surface area contributed by atoms with Crippen LogP contribution >= 0.6 is 0 Å². The molecule has 20 heavy (non-hydrogen) atoms. The van der Waals surface area contributed by atoms with E-state index in [1.165, 1.54) is 29.2 Å². The monoisotopic (exact) mass is 279 g/mol. The number of carbonyl (C=O) groups is 3. The van der Waals surface area contributed by atoms with E-state index in [4.69, 9.17) is 10.2 Å². The highest BCUT2D eigenvalue weighted by Crippen LogP contribution is 2.18. The Bertz CT molecular complexity index is 507. The van der Waals surface area contributed by atoms with E-state index in [1.54, 1.807) is 13.8 Å². The Morgan fingerprint density at radius 1 is 1.10 bits per heavy atom. The zero-order valence-electron chi connectivity index (χ0n) is 11.4. The summed E-state index contributed by atoms with van der Waals surface area (Å²) in [5.74, 6) is -2.52. The molecular formula is C14H17NO5. The summed E-state index contributed by atoms with van der Waals surface area (Å²) in [6.07, 6.45) is -0.168. The molecular weight excluding hydrogens is 262 g/mol. The third kappa shape index (κ3) is 4.08. The van der Waals surface area contributed by atoms with Gasteiger partial charge in [0.2, 0.25) is 5.91 Å². The standard InChI is InChI=1S/C14H17NO5/c1-9(2)13(18)15(8-7-12(16)17)11-5-3-10(4-6-11)14(19)20/h3-6,9H,7-8H2,1-2H3,(H,16,17)(H,19,20). The van der Waals surface area contributed by atoms with Crippen LogP contribution in [0.4, 0.5) is 5.69 Å². The molecule has 1 aromatic rings. The van der Waals surface area contributed by atoms with Crippen LogP contribution in [-0.2, 0) is 9.59 Å². The van der Waals surface area contributed by atoms with E-state index < -0.39 is 11.9 Å². The van der Waals surface area contributed by atoms with Crippen LogP contribution in [0.2, 0.25) is 0 Å². The van der Waals surface area contributed by atoms with Gasteiger partial charge in [-0.15, -0.1) is 0 Å². The molecule has 0 unspecified atom stereocenters. The van der Waals surface area contributed by atoms with Crippen LogP contribution in [0.5, 0.6) is 0 Å². The number of amides is 1. The van der Waals surface area contributed by atoms with Gasteiger partial charge in [-0.1, -0.05) is 13.8 Å². The molecule has 0 aliphatic heterocycles. The Balaban J connectivity index is 2.99. The third-order valence-electron chi connectivity index (χ3n) is 2.74. The van der Waals surface area contributed by atoms with Gasteiger partial charge in [-0.3, -0.25) is 9.59 Å². The predicted molar refractivity (Wildman–Crippen MR) is 72.8 cm³/mol. The maximum absolute atomic E-state index is 12.1. The van der Waals surface area contributed by atoms with Crippen molar-refractivity contribution in [2.24, 2.45) is 5.92 Å². The second kappa shape index (κ2) is 6.70. The van der Waals surface area contributed by atoms with Crippen molar-refractivity contribution in [2.75, 3.05) is 11.4 Å². The van der Waals surface area contributed by atoms with E-state index >= 15 is 0 Å². The van der Waals surface area contributed by atoms with Crippen molar-refractivity contribution in [2.45, 2.75) is 20.3 Å². The highest BCUT2D eigenvalue weighted by atomic mass is 16.4. The van der Waals surface area contributed by atoms with Crippen molar-refractivity contribution >= 4 is 23.5 Å². The van der Waals surface area contributed by atoms with Crippen LogP contribution in [0.25, 0.3) is 0 Å². The molecule has 6 heteroatoms. The van der Waals surface area contributed by atoms with E-state index in [9.17, 15) is 14.4 Å². The minimum absolute atomic E-state index is 0.0543. The second-order valence-corrected chi connectivity index (χ2v) is 4.64. The number of benzene rings is 1. The highest BCUT2D eigenvalue weighted by molar-refractivity contribution is 5.96. The number of rotatable bonds is 6. The normalized spacial score (nSPS) is 10.3. The first-order valence-electron chi connectivity index (χ1n) is 6.19. The van der Waals surface area contributed by atoms with Gasteiger partial charge in [0.1, 0.15) is 0 Å². The van der Waals surface area contributed by atoms with Crippen LogP contribution in [0, 0.1) is 5.92 Å². The molecule has 1 rings (SSSR count). The summed E-state index contributed by atoms with van der Waals surface area (Å²) in [5.41, 5.74) is 0.610. The molecule has 6 nitrogen and oxygen atoms in total. The van der Waals surface area contributed by atoms with Crippen LogP contribution in [-0.4, -0.2) is 34.6 Å². The Kier molecular flexibility index (Phi) is 5.25. The Morgan fingerprint density at radius 3 is 2.05 bits per heavy atom. The maximum atomic E-state index is 12.1. The van der Waals surface area contributed by atoms with Gasteiger partial charge in [0.25, 0.3) is 0 Å². The molecule has 0 heterocycles. The first kappa shape index (κ1) is 15.7. The number of carboxylic acids is 2. The quantitative estimate of drug-likeness (QED) is 0.828. The molecule has 0 fully saturated rings. The van der Waals surface area contributed by atoms with Gasteiger partial charge in [0.05, 0.1) is 12.0 Å². The number of carbonyl (C=O) groups excluding carboxylic acids is 1.